The summed E-state index contributed by atoms with van der Waals surface area (Å²) >= 11 is 0. The zero-order chi connectivity index (χ0) is 23.1. The molecule has 164 valence electrons. The summed E-state index contributed by atoms with van der Waals surface area (Å²) in [5.41, 5.74) is 1.79. The first-order valence-electron chi connectivity index (χ1n) is 11.7. The number of fused-ring (bicyclic) bond motifs is 6. The Labute approximate surface area is 195 Å². The molecule has 4 heteroatoms. The summed E-state index contributed by atoms with van der Waals surface area (Å²) in [4.78, 5) is 54.3. The molecule has 3 aliphatic carbocycles. The van der Waals surface area contributed by atoms with Crippen molar-refractivity contribution >= 4 is 44.7 Å². The highest BCUT2D eigenvalue weighted by Crippen LogP contribution is 2.49. The van der Waals surface area contributed by atoms with E-state index in [1.165, 1.54) is 0 Å². The van der Waals surface area contributed by atoms with Crippen LogP contribution in [0.4, 0.5) is 0 Å². The Bertz CT molecular complexity index is 1370. The summed E-state index contributed by atoms with van der Waals surface area (Å²) in [7, 11) is 0. The van der Waals surface area contributed by atoms with Gasteiger partial charge in [0.25, 0.3) is 0 Å². The van der Waals surface area contributed by atoms with Gasteiger partial charge >= 0.3 is 0 Å². The minimum absolute atomic E-state index is 0.0756. The van der Waals surface area contributed by atoms with E-state index >= 15 is 0 Å². The van der Waals surface area contributed by atoms with E-state index in [1.807, 2.05) is 72.8 Å². The summed E-state index contributed by atoms with van der Waals surface area (Å²) in [6, 6.07) is 22.6. The van der Waals surface area contributed by atoms with Crippen molar-refractivity contribution in [2.24, 2.45) is 23.7 Å². The smallest absolute Gasteiger partial charge is 0.167 e. The lowest BCUT2D eigenvalue weighted by atomic mass is 9.57. The number of carbonyl (C=O) groups excluding carboxylic acids is 4. The van der Waals surface area contributed by atoms with Crippen LogP contribution >= 0.6 is 0 Å². The Hall–Kier alpha value is -3.92. The maximum Gasteiger partial charge on any atom is 0.167 e. The molecule has 0 saturated heterocycles. The predicted octanol–water partition coefficient (Wildman–Crippen LogP) is 5.71. The van der Waals surface area contributed by atoms with E-state index < -0.39 is 23.7 Å². The molecule has 1 saturated carbocycles. The Kier molecular flexibility index (Phi) is 3.91. The minimum atomic E-state index is -0.554. The highest BCUT2D eigenvalue weighted by atomic mass is 16.2. The van der Waals surface area contributed by atoms with Gasteiger partial charge in [0.05, 0.1) is 0 Å². The molecule has 1 fully saturated rings. The molecule has 4 atom stereocenters. The van der Waals surface area contributed by atoms with Crippen molar-refractivity contribution in [1.29, 1.82) is 0 Å². The van der Waals surface area contributed by atoms with E-state index in [1.54, 1.807) is 0 Å². The first kappa shape index (κ1) is 19.5. The van der Waals surface area contributed by atoms with Crippen molar-refractivity contribution in [2.45, 2.75) is 12.8 Å². The molecule has 0 spiro atoms. The maximum absolute atomic E-state index is 13.6. The lowest BCUT2D eigenvalue weighted by Crippen LogP contribution is -2.49. The first-order chi connectivity index (χ1) is 16.5. The largest absolute Gasteiger partial charge is 0.294 e. The molecular weight excluding hydrogens is 424 g/mol. The number of hydrogen-bond donors (Lipinski definition) is 0. The minimum Gasteiger partial charge on any atom is -0.294 e. The zero-order valence-electron chi connectivity index (χ0n) is 18.3. The number of ketones is 4. The van der Waals surface area contributed by atoms with Crippen molar-refractivity contribution in [3.05, 3.63) is 95.1 Å². The lowest BCUT2D eigenvalue weighted by Gasteiger charge is -2.43. The van der Waals surface area contributed by atoms with Gasteiger partial charge in [-0.1, -0.05) is 48.5 Å². The van der Waals surface area contributed by atoms with Crippen LogP contribution in [-0.2, 0) is 0 Å². The van der Waals surface area contributed by atoms with E-state index in [2.05, 4.69) is 0 Å². The summed E-state index contributed by atoms with van der Waals surface area (Å²) in [5, 5.41) is 3.66. The third-order valence-corrected chi connectivity index (χ3v) is 8.17. The fraction of sp³-hybridized carbons (Fsp3) is 0.200. The normalized spacial score (nSPS) is 25.6. The fourth-order valence-corrected chi connectivity index (χ4v) is 6.46. The monoisotopic (exact) mass is 444 g/mol. The molecular formula is C30H20O4. The van der Waals surface area contributed by atoms with E-state index in [-0.39, 0.29) is 36.0 Å². The first-order valence-corrected chi connectivity index (χ1v) is 11.7. The molecule has 0 aromatic heterocycles. The average molecular weight is 444 g/mol. The average Bonchev–Trinajstić information content (AvgIpc) is 2.88. The second-order valence-corrected chi connectivity index (χ2v) is 9.84. The van der Waals surface area contributed by atoms with Gasteiger partial charge in [-0.25, -0.2) is 0 Å². The standard InChI is InChI=1S/C30H20O4/c31-27-19-9-15-5-1-2-6-16(15)10-20(19)28(32)24-14-26-25(13-23(24)27)29(33)21-11-17-7-3-4-8-18(17)12-22(21)30(26)34/h1-12,23-26H,13-14H2/t23-,24-,25-,26+/m1/s1. The molecule has 34 heavy (non-hydrogen) atoms. The maximum atomic E-state index is 13.6. The van der Waals surface area contributed by atoms with Crippen LogP contribution in [0.2, 0.25) is 0 Å². The van der Waals surface area contributed by atoms with Gasteiger partial charge in [-0.2, -0.15) is 0 Å². The fourth-order valence-electron chi connectivity index (χ4n) is 6.46. The van der Waals surface area contributed by atoms with Gasteiger partial charge in [-0.3, -0.25) is 19.2 Å². The van der Waals surface area contributed by atoms with Gasteiger partial charge in [-0.05, 0) is 58.7 Å². The second kappa shape index (κ2) is 6.80. The molecule has 3 aliphatic rings. The highest BCUT2D eigenvalue weighted by molar-refractivity contribution is 6.21. The van der Waals surface area contributed by atoms with Crippen molar-refractivity contribution in [3.8, 4) is 0 Å². The Morgan fingerprint density at radius 3 is 0.882 bits per heavy atom. The van der Waals surface area contributed by atoms with Crippen molar-refractivity contribution in [1.82, 2.24) is 0 Å². The van der Waals surface area contributed by atoms with E-state index in [0.717, 1.165) is 21.5 Å². The quantitative estimate of drug-likeness (QED) is 0.348. The third-order valence-electron chi connectivity index (χ3n) is 8.17. The molecule has 4 aromatic rings. The van der Waals surface area contributed by atoms with Crippen LogP contribution in [0.5, 0.6) is 0 Å². The predicted molar refractivity (Wildman–Crippen MR) is 128 cm³/mol. The second-order valence-electron chi connectivity index (χ2n) is 9.84. The number of carbonyl (C=O) groups is 4. The van der Waals surface area contributed by atoms with Crippen LogP contribution in [0.1, 0.15) is 54.3 Å². The van der Waals surface area contributed by atoms with Crippen molar-refractivity contribution in [2.75, 3.05) is 0 Å². The molecule has 4 aromatic carbocycles. The molecule has 0 radical (unpaired) electrons. The summed E-state index contributed by atoms with van der Waals surface area (Å²) in [6.07, 6.45) is 0.506. The molecule has 4 nitrogen and oxygen atoms in total. The van der Waals surface area contributed by atoms with Crippen LogP contribution in [0, 0.1) is 23.7 Å². The Morgan fingerprint density at radius 2 is 0.647 bits per heavy atom. The van der Waals surface area contributed by atoms with Crippen molar-refractivity contribution in [3.63, 3.8) is 0 Å². The van der Waals surface area contributed by atoms with Crippen LogP contribution in [0.25, 0.3) is 21.5 Å². The van der Waals surface area contributed by atoms with E-state index in [9.17, 15) is 19.2 Å². The van der Waals surface area contributed by atoms with Gasteiger partial charge in [0, 0.05) is 45.9 Å². The van der Waals surface area contributed by atoms with E-state index in [0.29, 0.717) is 22.3 Å². The zero-order valence-corrected chi connectivity index (χ0v) is 18.3. The van der Waals surface area contributed by atoms with Crippen LogP contribution in [0.3, 0.4) is 0 Å². The van der Waals surface area contributed by atoms with Crippen LogP contribution in [-0.4, -0.2) is 23.1 Å². The molecule has 0 aliphatic heterocycles. The molecule has 0 N–H and O–H groups in total. The topological polar surface area (TPSA) is 68.3 Å². The summed E-state index contributed by atoms with van der Waals surface area (Å²) < 4.78 is 0. The van der Waals surface area contributed by atoms with E-state index in [4.69, 9.17) is 0 Å². The number of benzene rings is 4. The third kappa shape index (κ3) is 2.54. The molecule has 0 unspecified atom stereocenters. The van der Waals surface area contributed by atoms with Crippen LogP contribution < -0.4 is 0 Å². The molecule has 7 rings (SSSR count). The van der Waals surface area contributed by atoms with Gasteiger partial charge < -0.3 is 0 Å². The summed E-state index contributed by atoms with van der Waals surface area (Å²) in [5.74, 6) is -2.52. The van der Waals surface area contributed by atoms with Gasteiger partial charge in [0.2, 0.25) is 0 Å². The SMILES string of the molecule is O=C1c2cc3ccccc3cc2C(=O)[C@@H]2C[C@H]3C(=O)c4cc5ccccc5cc4C(=O)[C@@H]3C[C@H]12. The summed E-state index contributed by atoms with van der Waals surface area (Å²) in [6.45, 7) is 0. The van der Waals surface area contributed by atoms with Crippen LogP contribution in [0.15, 0.2) is 72.8 Å². The van der Waals surface area contributed by atoms with Gasteiger partial charge in [0.15, 0.2) is 23.1 Å². The highest BCUT2D eigenvalue weighted by Gasteiger charge is 2.53. The molecule has 0 bridgehead atoms. The number of hydrogen-bond acceptors (Lipinski definition) is 4. The van der Waals surface area contributed by atoms with Gasteiger partial charge in [0.1, 0.15) is 0 Å². The molecule has 0 amide bonds. The van der Waals surface area contributed by atoms with Crippen molar-refractivity contribution < 1.29 is 19.2 Å². The number of rotatable bonds is 0. The molecule has 0 heterocycles. The van der Waals surface area contributed by atoms with Gasteiger partial charge in [-0.15, -0.1) is 0 Å². The Balaban J connectivity index is 1.33. The number of Topliss-reactive ketones (excluding diaryl/α,β-unsaturated/α-hetero) is 4. The lowest BCUT2D eigenvalue weighted by molar-refractivity contribution is 0.0439. The Morgan fingerprint density at radius 1 is 0.412 bits per heavy atom.